The number of aromatic nitrogens is 2. The summed E-state index contributed by atoms with van der Waals surface area (Å²) in [5.41, 5.74) is 1.30. The maximum atomic E-state index is 12.5. The first-order valence-electron chi connectivity index (χ1n) is 9.27. The molecular weight excluding hydrogens is 452 g/mol. The van der Waals surface area contributed by atoms with Crippen molar-refractivity contribution in [2.45, 2.75) is 19.5 Å². The van der Waals surface area contributed by atoms with Gasteiger partial charge in [0.05, 0.1) is 30.9 Å². The van der Waals surface area contributed by atoms with Gasteiger partial charge in [-0.05, 0) is 35.9 Å². The molecule has 0 unspecified atom stereocenters. The molecule has 156 valence electrons. The highest BCUT2D eigenvalue weighted by Gasteiger charge is 2.09. The van der Waals surface area contributed by atoms with Gasteiger partial charge in [0.15, 0.2) is 0 Å². The second-order valence-electron chi connectivity index (χ2n) is 6.56. The number of hydrogen-bond donors (Lipinski definition) is 2. The van der Waals surface area contributed by atoms with E-state index in [1.807, 2.05) is 30.3 Å². The number of carbonyl (C=O) groups excluding carboxylic acids is 2. The molecule has 0 bridgehead atoms. The van der Waals surface area contributed by atoms with Gasteiger partial charge in [-0.2, -0.15) is 0 Å². The van der Waals surface area contributed by atoms with E-state index in [4.69, 9.17) is 4.74 Å². The van der Waals surface area contributed by atoms with E-state index in [0.29, 0.717) is 17.4 Å². The fraction of sp³-hybridized carbons (Fsp3) is 0.238. The minimum Gasteiger partial charge on any atom is -0.497 e. The Bertz CT molecular complexity index is 1110. The molecule has 0 fully saturated rings. The van der Waals surface area contributed by atoms with Gasteiger partial charge in [0, 0.05) is 24.0 Å². The molecule has 8 nitrogen and oxygen atoms in total. The zero-order chi connectivity index (χ0) is 21.5. The number of carbonyl (C=O) groups is 2. The average Bonchev–Trinajstić information content (AvgIpc) is 2.76. The number of fused-ring (bicyclic) bond motifs is 1. The van der Waals surface area contributed by atoms with Crippen molar-refractivity contribution in [2.24, 2.45) is 0 Å². The Kier molecular flexibility index (Phi) is 7.18. The van der Waals surface area contributed by atoms with Gasteiger partial charge < -0.3 is 15.4 Å². The van der Waals surface area contributed by atoms with Crippen molar-refractivity contribution in [1.82, 2.24) is 20.2 Å². The predicted octanol–water partition coefficient (Wildman–Crippen LogP) is 1.99. The van der Waals surface area contributed by atoms with E-state index in [1.54, 1.807) is 19.2 Å². The van der Waals surface area contributed by atoms with Crippen LogP contribution in [0.3, 0.4) is 0 Å². The number of hydrogen-bond acceptors (Lipinski definition) is 5. The number of aryl methyl sites for hydroxylation is 1. The van der Waals surface area contributed by atoms with Gasteiger partial charge >= 0.3 is 0 Å². The molecule has 3 aromatic rings. The van der Waals surface area contributed by atoms with Crippen molar-refractivity contribution in [3.8, 4) is 5.75 Å². The minimum atomic E-state index is -0.323. The van der Waals surface area contributed by atoms with Crippen LogP contribution in [0.1, 0.15) is 12.0 Å². The quantitative estimate of drug-likeness (QED) is 0.521. The van der Waals surface area contributed by atoms with Crippen molar-refractivity contribution in [1.29, 1.82) is 0 Å². The summed E-state index contributed by atoms with van der Waals surface area (Å²) in [5.74, 6) is 0.120. The van der Waals surface area contributed by atoms with Crippen LogP contribution in [0.15, 0.2) is 58.1 Å². The number of nitrogens with one attached hydrogen (secondary N) is 2. The first-order valence-corrected chi connectivity index (χ1v) is 10.1. The maximum absolute atomic E-state index is 12.5. The van der Waals surface area contributed by atoms with Crippen LogP contribution in [0.25, 0.3) is 10.9 Å². The van der Waals surface area contributed by atoms with Gasteiger partial charge in [0.1, 0.15) is 5.75 Å². The van der Waals surface area contributed by atoms with Crippen molar-refractivity contribution in [3.63, 3.8) is 0 Å². The summed E-state index contributed by atoms with van der Waals surface area (Å²) in [6, 6.07) is 12.6. The van der Waals surface area contributed by atoms with Gasteiger partial charge in [0.2, 0.25) is 11.8 Å². The molecule has 1 heterocycles. The zero-order valence-corrected chi connectivity index (χ0v) is 17.9. The Morgan fingerprint density at radius 3 is 2.60 bits per heavy atom. The lowest BCUT2D eigenvalue weighted by Gasteiger charge is -2.09. The second kappa shape index (κ2) is 10.0. The van der Waals surface area contributed by atoms with Crippen LogP contribution in [0.5, 0.6) is 5.75 Å². The molecule has 0 spiro atoms. The lowest BCUT2D eigenvalue weighted by molar-refractivity contribution is -0.126. The van der Waals surface area contributed by atoms with Gasteiger partial charge in [-0.1, -0.05) is 28.1 Å². The lowest BCUT2D eigenvalue weighted by Crippen LogP contribution is -2.37. The molecule has 0 aliphatic rings. The van der Waals surface area contributed by atoms with E-state index < -0.39 is 0 Å². The first-order chi connectivity index (χ1) is 14.5. The van der Waals surface area contributed by atoms with E-state index in [2.05, 4.69) is 31.5 Å². The van der Waals surface area contributed by atoms with Crippen molar-refractivity contribution in [2.75, 3.05) is 13.7 Å². The Balaban J connectivity index is 1.45. The average molecular weight is 473 g/mol. The Labute approximate surface area is 181 Å². The molecule has 0 saturated carbocycles. The summed E-state index contributed by atoms with van der Waals surface area (Å²) in [7, 11) is 1.59. The molecule has 0 aliphatic heterocycles. The number of benzene rings is 2. The van der Waals surface area contributed by atoms with E-state index >= 15 is 0 Å². The highest BCUT2D eigenvalue weighted by atomic mass is 79.9. The molecule has 2 amide bonds. The summed E-state index contributed by atoms with van der Waals surface area (Å²) in [6.45, 7) is 0.396. The van der Waals surface area contributed by atoms with Crippen LogP contribution in [-0.4, -0.2) is 35.0 Å². The molecular formula is C21H21BrN4O4. The molecule has 0 saturated heterocycles. The Morgan fingerprint density at radius 1 is 1.10 bits per heavy atom. The van der Waals surface area contributed by atoms with Crippen molar-refractivity contribution in [3.05, 3.63) is 69.2 Å². The summed E-state index contributed by atoms with van der Waals surface area (Å²) in [4.78, 5) is 40.7. The van der Waals surface area contributed by atoms with Gasteiger partial charge in [0.25, 0.3) is 5.56 Å². The van der Waals surface area contributed by atoms with Gasteiger partial charge in [-0.3, -0.25) is 19.0 Å². The van der Waals surface area contributed by atoms with Crippen LogP contribution in [0.4, 0.5) is 0 Å². The largest absolute Gasteiger partial charge is 0.497 e. The molecule has 2 N–H and O–H groups in total. The summed E-state index contributed by atoms with van der Waals surface area (Å²) in [6.07, 6.45) is 1.49. The summed E-state index contributed by atoms with van der Waals surface area (Å²) >= 11 is 3.34. The van der Waals surface area contributed by atoms with E-state index in [9.17, 15) is 14.4 Å². The topological polar surface area (TPSA) is 102 Å². The Morgan fingerprint density at radius 2 is 1.87 bits per heavy atom. The van der Waals surface area contributed by atoms with Crippen LogP contribution < -0.4 is 20.9 Å². The van der Waals surface area contributed by atoms with Crippen molar-refractivity contribution >= 4 is 38.6 Å². The molecule has 30 heavy (non-hydrogen) atoms. The predicted molar refractivity (Wildman–Crippen MR) is 116 cm³/mol. The van der Waals surface area contributed by atoms with E-state index in [0.717, 1.165) is 15.8 Å². The molecule has 0 radical (unpaired) electrons. The third-order valence-corrected chi connectivity index (χ3v) is 4.95. The molecule has 1 aromatic heterocycles. The summed E-state index contributed by atoms with van der Waals surface area (Å²) < 4.78 is 7.26. The van der Waals surface area contributed by atoms with Crippen LogP contribution >= 0.6 is 15.9 Å². The number of rotatable bonds is 8. The second-order valence-corrected chi connectivity index (χ2v) is 7.47. The van der Waals surface area contributed by atoms with E-state index in [-0.39, 0.29) is 36.9 Å². The van der Waals surface area contributed by atoms with Gasteiger partial charge in [-0.25, -0.2) is 4.98 Å². The standard InChI is InChI=1S/C21H21BrN4O4/c1-30-16-5-2-14(3-6-16)11-23-20(28)12-24-19(27)8-9-26-13-25-18-7-4-15(22)10-17(18)21(26)29/h2-7,10,13H,8-9,11-12H2,1H3,(H,23,28)(H,24,27). The highest BCUT2D eigenvalue weighted by Crippen LogP contribution is 2.15. The summed E-state index contributed by atoms with van der Waals surface area (Å²) in [5, 5.41) is 5.77. The minimum absolute atomic E-state index is 0.0624. The van der Waals surface area contributed by atoms with Crippen LogP contribution in [-0.2, 0) is 22.7 Å². The zero-order valence-electron chi connectivity index (χ0n) is 16.4. The SMILES string of the molecule is COc1ccc(CNC(=O)CNC(=O)CCn2cnc3ccc(Br)cc3c2=O)cc1. The molecule has 9 heteroatoms. The molecule has 0 atom stereocenters. The first kappa shape index (κ1) is 21.5. The third kappa shape index (κ3) is 5.66. The van der Waals surface area contributed by atoms with Crippen LogP contribution in [0, 0.1) is 0 Å². The highest BCUT2D eigenvalue weighted by molar-refractivity contribution is 9.10. The maximum Gasteiger partial charge on any atom is 0.261 e. The number of nitrogens with zero attached hydrogens (tertiary/aromatic N) is 2. The number of ether oxygens (including phenoxy) is 1. The van der Waals surface area contributed by atoms with Crippen LogP contribution in [0.2, 0.25) is 0 Å². The normalized spacial score (nSPS) is 10.6. The number of methoxy groups -OCH3 is 1. The molecule has 2 aromatic carbocycles. The smallest absolute Gasteiger partial charge is 0.261 e. The lowest BCUT2D eigenvalue weighted by atomic mass is 10.2. The fourth-order valence-electron chi connectivity index (χ4n) is 2.79. The fourth-order valence-corrected chi connectivity index (χ4v) is 3.15. The Hall–Kier alpha value is -3.20. The van der Waals surface area contributed by atoms with E-state index in [1.165, 1.54) is 10.9 Å². The third-order valence-electron chi connectivity index (χ3n) is 4.46. The number of halogens is 1. The van der Waals surface area contributed by atoms with Gasteiger partial charge in [-0.15, -0.1) is 0 Å². The van der Waals surface area contributed by atoms with Crippen molar-refractivity contribution < 1.29 is 14.3 Å². The monoisotopic (exact) mass is 472 g/mol. The molecule has 3 rings (SSSR count). The molecule has 0 aliphatic carbocycles. The number of amides is 2.